The van der Waals surface area contributed by atoms with E-state index in [0.717, 1.165) is 16.9 Å². The van der Waals surface area contributed by atoms with Gasteiger partial charge in [-0.05, 0) is 36.4 Å². The van der Waals surface area contributed by atoms with Gasteiger partial charge in [0.2, 0.25) is 0 Å². The lowest BCUT2D eigenvalue weighted by Crippen LogP contribution is -2.29. The van der Waals surface area contributed by atoms with Crippen molar-refractivity contribution in [1.29, 1.82) is 0 Å². The summed E-state index contributed by atoms with van der Waals surface area (Å²) >= 11 is 0. The standard InChI is InChI=1S/C25H24N4O2/c1-28(17-15-19-10-8-9-16-26-19)25(30)22-18-29(20-11-4-3-5-12-20)27-24(22)21-13-6-7-14-23(21)31-2/h3-14,16,18H,15,17H2,1-2H3. The monoisotopic (exact) mass is 412 g/mol. The fraction of sp³-hybridized carbons (Fsp3) is 0.160. The Bertz CT molecular complexity index is 1160. The van der Waals surface area contributed by atoms with Gasteiger partial charge in [-0.25, -0.2) is 4.68 Å². The molecule has 156 valence electrons. The number of hydrogen-bond donors (Lipinski definition) is 0. The zero-order valence-corrected chi connectivity index (χ0v) is 17.6. The van der Waals surface area contributed by atoms with Crippen LogP contribution in [0.5, 0.6) is 5.75 Å². The third-order valence-corrected chi connectivity index (χ3v) is 5.10. The third-order valence-electron chi connectivity index (χ3n) is 5.10. The zero-order chi connectivity index (χ0) is 21.6. The normalized spacial score (nSPS) is 10.6. The Balaban J connectivity index is 1.69. The molecule has 0 spiro atoms. The third kappa shape index (κ3) is 4.48. The molecule has 0 aliphatic rings. The highest BCUT2D eigenvalue weighted by Gasteiger charge is 2.23. The van der Waals surface area contributed by atoms with Crippen LogP contribution in [0.15, 0.2) is 85.2 Å². The highest BCUT2D eigenvalue weighted by atomic mass is 16.5. The topological polar surface area (TPSA) is 60.3 Å². The number of benzene rings is 2. The molecule has 2 heterocycles. The summed E-state index contributed by atoms with van der Waals surface area (Å²) in [6.45, 7) is 0.553. The van der Waals surface area contributed by atoms with Crippen LogP contribution >= 0.6 is 0 Å². The van der Waals surface area contributed by atoms with Crippen LogP contribution in [0.1, 0.15) is 16.1 Å². The van der Waals surface area contributed by atoms with E-state index in [1.165, 1.54) is 0 Å². The molecule has 0 radical (unpaired) electrons. The van der Waals surface area contributed by atoms with Crippen molar-refractivity contribution >= 4 is 5.91 Å². The number of nitrogens with zero attached hydrogens (tertiary/aromatic N) is 4. The van der Waals surface area contributed by atoms with Gasteiger partial charge in [-0.15, -0.1) is 0 Å². The Morgan fingerprint density at radius 3 is 2.48 bits per heavy atom. The van der Waals surface area contributed by atoms with E-state index in [0.29, 0.717) is 30.0 Å². The summed E-state index contributed by atoms with van der Waals surface area (Å²) in [5, 5.41) is 4.76. The van der Waals surface area contributed by atoms with Crippen LogP contribution in [0.4, 0.5) is 0 Å². The number of aromatic nitrogens is 3. The average molecular weight is 412 g/mol. The van der Waals surface area contributed by atoms with E-state index in [4.69, 9.17) is 9.84 Å². The van der Waals surface area contributed by atoms with Crippen molar-refractivity contribution in [3.63, 3.8) is 0 Å². The van der Waals surface area contributed by atoms with Crippen molar-refractivity contribution in [3.8, 4) is 22.7 Å². The minimum Gasteiger partial charge on any atom is -0.496 e. The second-order valence-electron chi connectivity index (χ2n) is 7.17. The first-order valence-electron chi connectivity index (χ1n) is 10.1. The lowest BCUT2D eigenvalue weighted by molar-refractivity contribution is 0.0797. The minimum atomic E-state index is -0.0981. The van der Waals surface area contributed by atoms with Gasteiger partial charge < -0.3 is 9.64 Å². The molecule has 0 unspecified atom stereocenters. The van der Waals surface area contributed by atoms with Crippen LogP contribution < -0.4 is 4.74 Å². The molecule has 4 aromatic rings. The number of likely N-dealkylation sites (N-methyl/N-ethyl adjacent to an activating group) is 1. The molecular formula is C25H24N4O2. The first-order chi connectivity index (χ1) is 15.2. The first kappa shape index (κ1) is 20.3. The van der Waals surface area contributed by atoms with Gasteiger partial charge in [0.1, 0.15) is 11.4 Å². The molecule has 6 nitrogen and oxygen atoms in total. The molecule has 2 aromatic heterocycles. The van der Waals surface area contributed by atoms with E-state index in [1.54, 1.807) is 36.1 Å². The summed E-state index contributed by atoms with van der Waals surface area (Å²) in [5.74, 6) is 0.574. The first-order valence-corrected chi connectivity index (χ1v) is 10.1. The zero-order valence-electron chi connectivity index (χ0n) is 17.6. The number of carbonyl (C=O) groups is 1. The molecule has 0 fully saturated rings. The number of amides is 1. The van der Waals surface area contributed by atoms with Crippen molar-refractivity contribution in [2.45, 2.75) is 6.42 Å². The van der Waals surface area contributed by atoms with Gasteiger partial charge in [0.15, 0.2) is 0 Å². The Kier molecular flexibility index (Phi) is 6.08. The van der Waals surface area contributed by atoms with Crippen molar-refractivity contribution in [2.75, 3.05) is 20.7 Å². The lowest BCUT2D eigenvalue weighted by atomic mass is 10.1. The van der Waals surface area contributed by atoms with Crippen molar-refractivity contribution < 1.29 is 9.53 Å². The largest absolute Gasteiger partial charge is 0.496 e. The number of ether oxygens (including phenoxy) is 1. The minimum absolute atomic E-state index is 0.0981. The predicted molar refractivity (Wildman–Crippen MR) is 120 cm³/mol. The maximum atomic E-state index is 13.4. The number of para-hydroxylation sites is 2. The van der Waals surface area contributed by atoms with Gasteiger partial charge in [0, 0.05) is 43.7 Å². The summed E-state index contributed by atoms with van der Waals surface area (Å²) in [5.41, 5.74) is 3.73. The summed E-state index contributed by atoms with van der Waals surface area (Å²) < 4.78 is 7.27. The maximum Gasteiger partial charge on any atom is 0.257 e. The molecule has 0 saturated carbocycles. The van der Waals surface area contributed by atoms with E-state index >= 15 is 0 Å². The van der Waals surface area contributed by atoms with E-state index in [1.807, 2.05) is 72.8 Å². The predicted octanol–water partition coefficient (Wildman–Crippen LogP) is 4.26. The molecule has 0 atom stereocenters. The highest BCUT2D eigenvalue weighted by molar-refractivity contribution is 6.00. The van der Waals surface area contributed by atoms with Crippen LogP contribution in [0.25, 0.3) is 16.9 Å². The fourth-order valence-corrected chi connectivity index (χ4v) is 3.42. The van der Waals surface area contributed by atoms with Gasteiger partial charge in [0.05, 0.1) is 18.4 Å². The number of pyridine rings is 1. The van der Waals surface area contributed by atoms with Gasteiger partial charge >= 0.3 is 0 Å². The van der Waals surface area contributed by atoms with E-state index < -0.39 is 0 Å². The molecule has 6 heteroatoms. The van der Waals surface area contributed by atoms with Crippen LogP contribution in [0, 0.1) is 0 Å². The van der Waals surface area contributed by atoms with Crippen molar-refractivity contribution in [1.82, 2.24) is 19.7 Å². The number of rotatable bonds is 7. The van der Waals surface area contributed by atoms with Crippen LogP contribution in [-0.2, 0) is 6.42 Å². The number of carbonyl (C=O) groups excluding carboxylic acids is 1. The quantitative estimate of drug-likeness (QED) is 0.455. The van der Waals surface area contributed by atoms with Crippen molar-refractivity contribution in [2.24, 2.45) is 0 Å². The Hall–Kier alpha value is -3.93. The highest BCUT2D eigenvalue weighted by Crippen LogP contribution is 2.32. The van der Waals surface area contributed by atoms with Crippen molar-refractivity contribution in [3.05, 3.63) is 96.4 Å². The van der Waals surface area contributed by atoms with Gasteiger partial charge in [-0.1, -0.05) is 36.4 Å². The number of methoxy groups -OCH3 is 1. The molecule has 0 aliphatic carbocycles. The van der Waals surface area contributed by atoms with E-state index in [9.17, 15) is 4.79 Å². The Morgan fingerprint density at radius 1 is 1.00 bits per heavy atom. The molecule has 0 N–H and O–H groups in total. The van der Waals surface area contributed by atoms with Gasteiger partial charge in [-0.2, -0.15) is 5.10 Å². The summed E-state index contributed by atoms with van der Waals surface area (Å²) in [7, 11) is 3.42. The molecule has 0 saturated heterocycles. The fourth-order valence-electron chi connectivity index (χ4n) is 3.42. The van der Waals surface area contributed by atoms with Gasteiger partial charge in [0.25, 0.3) is 5.91 Å². The maximum absolute atomic E-state index is 13.4. The second-order valence-corrected chi connectivity index (χ2v) is 7.17. The summed E-state index contributed by atoms with van der Waals surface area (Å²) in [4.78, 5) is 19.5. The molecule has 1 amide bonds. The molecule has 0 bridgehead atoms. The molecule has 0 aliphatic heterocycles. The lowest BCUT2D eigenvalue weighted by Gasteiger charge is -2.17. The SMILES string of the molecule is COc1ccccc1-c1nn(-c2ccccc2)cc1C(=O)N(C)CCc1ccccn1. The average Bonchev–Trinajstić information content (AvgIpc) is 3.28. The smallest absolute Gasteiger partial charge is 0.257 e. The van der Waals surface area contributed by atoms with Crippen LogP contribution in [0.2, 0.25) is 0 Å². The molecule has 2 aromatic carbocycles. The van der Waals surface area contributed by atoms with E-state index in [2.05, 4.69) is 4.98 Å². The summed E-state index contributed by atoms with van der Waals surface area (Å²) in [6, 6.07) is 23.2. The van der Waals surface area contributed by atoms with Crippen LogP contribution in [0.3, 0.4) is 0 Å². The van der Waals surface area contributed by atoms with Crippen LogP contribution in [-0.4, -0.2) is 46.3 Å². The Labute approximate surface area is 181 Å². The molecule has 4 rings (SSSR count). The number of hydrogen-bond acceptors (Lipinski definition) is 4. The molecular weight excluding hydrogens is 388 g/mol. The summed E-state index contributed by atoms with van der Waals surface area (Å²) in [6.07, 6.45) is 4.23. The van der Waals surface area contributed by atoms with E-state index in [-0.39, 0.29) is 5.91 Å². The second kappa shape index (κ2) is 9.26. The van der Waals surface area contributed by atoms with Gasteiger partial charge in [-0.3, -0.25) is 9.78 Å². The molecule has 31 heavy (non-hydrogen) atoms. The Morgan fingerprint density at radius 2 is 1.74 bits per heavy atom.